The van der Waals surface area contributed by atoms with Gasteiger partial charge in [0.05, 0.1) is 5.92 Å². The predicted octanol–water partition coefficient (Wildman–Crippen LogP) is 1.81. The highest BCUT2D eigenvalue weighted by molar-refractivity contribution is 5.94. The molecule has 6 heteroatoms. The van der Waals surface area contributed by atoms with Crippen molar-refractivity contribution in [1.82, 2.24) is 10.2 Å². The van der Waals surface area contributed by atoms with Crippen molar-refractivity contribution in [3.05, 3.63) is 29.8 Å². The number of carboxylic acid groups (broad SMARTS) is 1. The molecule has 25 heavy (non-hydrogen) atoms. The van der Waals surface area contributed by atoms with E-state index in [1.54, 1.807) is 0 Å². The number of carbonyl (C=O) groups is 2. The minimum Gasteiger partial charge on any atom is -0.481 e. The number of carbonyl (C=O) groups excluding carboxylic acids is 1. The van der Waals surface area contributed by atoms with Gasteiger partial charge in [-0.25, -0.2) is 0 Å². The highest BCUT2D eigenvalue weighted by atomic mass is 16.4. The molecule has 0 radical (unpaired) electrons. The number of benzene rings is 1. The molecule has 136 valence electrons. The number of likely N-dealkylation sites (N-methyl/N-ethyl adjacent to an activating group) is 1. The lowest BCUT2D eigenvalue weighted by Crippen LogP contribution is -2.44. The molecule has 1 saturated heterocycles. The monoisotopic (exact) mass is 345 g/mol. The molecule has 1 aliphatic carbocycles. The van der Waals surface area contributed by atoms with Crippen molar-refractivity contribution in [3.8, 4) is 0 Å². The Bertz CT molecular complexity index is 601. The van der Waals surface area contributed by atoms with Crippen LogP contribution in [-0.4, -0.2) is 61.2 Å². The van der Waals surface area contributed by atoms with Gasteiger partial charge in [-0.05, 0) is 57.0 Å². The number of carboxylic acids is 1. The van der Waals surface area contributed by atoms with Crippen molar-refractivity contribution in [2.45, 2.75) is 31.7 Å². The normalized spacial score (nSPS) is 24.8. The number of nitrogens with zero attached hydrogens (tertiary/aromatic N) is 2. The first kappa shape index (κ1) is 17.7. The molecule has 1 aromatic rings. The van der Waals surface area contributed by atoms with Crippen LogP contribution in [0, 0.1) is 5.92 Å². The fraction of sp³-hybridized carbons (Fsp3) is 0.579. The number of nitrogens with one attached hydrogen (secondary N) is 1. The van der Waals surface area contributed by atoms with Crippen LogP contribution in [0.4, 0.5) is 5.69 Å². The number of rotatable bonds is 4. The maximum atomic E-state index is 12.4. The van der Waals surface area contributed by atoms with Crippen LogP contribution in [-0.2, 0) is 4.79 Å². The summed E-state index contributed by atoms with van der Waals surface area (Å²) in [5.41, 5.74) is 1.82. The van der Waals surface area contributed by atoms with Gasteiger partial charge in [-0.3, -0.25) is 9.59 Å². The van der Waals surface area contributed by atoms with Crippen LogP contribution in [0.25, 0.3) is 0 Å². The lowest BCUT2D eigenvalue weighted by atomic mass is 9.86. The van der Waals surface area contributed by atoms with Gasteiger partial charge in [-0.15, -0.1) is 0 Å². The zero-order valence-electron chi connectivity index (χ0n) is 14.8. The smallest absolute Gasteiger partial charge is 0.306 e. The summed E-state index contributed by atoms with van der Waals surface area (Å²) in [5, 5.41) is 12.1. The molecule has 0 bridgehead atoms. The van der Waals surface area contributed by atoms with Gasteiger partial charge in [0.25, 0.3) is 5.91 Å². The van der Waals surface area contributed by atoms with E-state index >= 15 is 0 Å². The van der Waals surface area contributed by atoms with E-state index < -0.39 is 5.97 Å². The van der Waals surface area contributed by atoms with Gasteiger partial charge in [0, 0.05) is 43.5 Å². The minimum absolute atomic E-state index is 0.0660. The Hall–Kier alpha value is -2.08. The molecule has 2 aliphatic rings. The van der Waals surface area contributed by atoms with Crippen LogP contribution in [0.3, 0.4) is 0 Å². The number of piperazine rings is 1. The Morgan fingerprint density at radius 1 is 1.00 bits per heavy atom. The summed E-state index contributed by atoms with van der Waals surface area (Å²) in [6, 6.07) is 7.88. The fourth-order valence-corrected chi connectivity index (χ4v) is 3.64. The molecule has 0 atom stereocenters. The second-order valence-electron chi connectivity index (χ2n) is 7.20. The Labute approximate surface area is 148 Å². The van der Waals surface area contributed by atoms with Gasteiger partial charge >= 0.3 is 5.97 Å². The lowest BCUT2D eigenvalue weighted by Gasteiger charge is -2.34. The zero-order valence-corrected chi connectivity index (χ0v) is 14.8. The van der Waals surface area contributed by atoms with E-state index in [0.717, 1.165) is 44.7 Å². The van der Waals surface area contributed by atoms with E-state index in [1.807, 2.05) is 24.3 Å². The van der Waals surface area contributed by atoms with Gasteiger partial charge in [0.15, 0.2) is 0 Å². The van der Waals surface area contributed by atoms with E-state index in [9.17, 15) is 9.59 Å². The molecule has 1 saturated carbocycles. The van der Waals surface area contributed by atoms with Gasteiger partial charge < -0.3 is 20.2 Å². The predicted molar refractivity (Wildman–Crippen MR) is 97.0 cm³/mol. The standard InChI is InChI=1S/C19H27N3O3/c1-21-10-12-22(13-11-21)17-8-4-14(5-9-17)18(23)20-16-6-2-15(3-7-16)19(24)25/h4-5,8-9,15-16H,2-3,6-7,10-13H2,1H3,(H,20,23)(H,24,25). The Morgan fingerprint density at radius 2 is 1.60 bits per heavy atom. The first-order valence-corrected chi connectivity index (χ1v) is 9.10. The number of hydrogen-bond acceptors (Lipinski definition) is 4. The molecule has 0 unspecified atom stereocenters. The molecule has 1 amide bonds. The average molecular weight is 345 g/mol. The highest BCUT2D eigenvalue weighted by Gasteiger charge is 2.26. The molecule has 1 aliphatic heterocycles. The van der Waals surface area contributed by atoms with E-state index in [2.05, 4.69) is 22.2 Å². The first-order valence-electron chi connectivity index (χ1n) is 9.10. The third kappa shape index (κ3) is 4.51. The van der Waals surface area contributed by atoms with Crippen molar-refractivity contribution in [2.24, 2.45) is 5.92 Å². The van der Waals surface area contributed by atoms with E-state index in [0.29, 0.717) is 18.4 Å². The van der Waals surface area contributed by atoms with Crippen LogP contribution >= 0.6 is 0 Å². The van der Waals surface area contributed by atoms with Crippen molar-refractivity contribution in [3.63, 3.8) is 0 Å². The summed E-state index contributed by atoms with van der Waals surface area (Å²) < 4.78 is 0. The highest BCUT2D eigenvalue weighted by Crippen LogP contribution is 2.25. The Balaban J connectivity index is 1.52. The molecule has 6 nitrogen and oxygen atoms in total. The quantitative estimate of drug-likeness (QED) is 0.871. The molecule has 1 aromatic carbocycles. The van der Waals surface area contributed by atoms with E-state index in [4.69, 9.17) is 5.11 Å². The fourth-order valence-electron chi connectivity index (χ4n) is 3.64. The van der Waals surface area contributed by atoms with Crippen molar-refractivity contribution >= 4 is 17.6 Å². The number of anilines is 1. The lowest BCUT2D eigenvalue weighted by molar-refractivity contribution is -0.142. The van der Waals surface area contributed by atoms with E-state index in [-0.39, 0.29) is 17.9 Å². The number of amides is 1. The molecule has 0 spiro atoms. The maximum Gasteiger partial charge on any atom is 0.306 e. The Kier molecular flexibility index (Phi) is 5.58. The van der Waals surface area contributed by atoms with Gasteiger partial charge in [-0.2, -0.15) is 0 Å². The number of aliphatic carboxylic acids is 1. The summed E-state index contributed by atoms with van der Waals surface area (Å²) in [5.74, 6) is -1.04. The largest absolute Gasteiger partial charge is 0.481 e. The minimum atomic E-state index is -0.718. The third-order valence-electron chi connectivity index (χ3n) is 5.41. The Morgan fingerprint density at radius 3 is 2.16 bits per heavy atom. The van der Waals surface area contributed by atoms with Gasteiger partial charge in [-0.1, -0.05) is 0 Å². The zero-order chi connectivity index (χ0) is 17.8. The summed E-state index contributed by atoms with van der Waals surface area (Å²) >= 11 is 0. The molecular weight excluding hydrogens is 318 g/mol. The number of hydrogen-bond donors (Lipinski definition) is 2. The molecule has 1 heterocycles. The van der Waals surface area contributed by atoms with Crippen LogP contribution in [0.2, 0.25) is 0 Å². The van der Waals surface area contributed by atoms with E-state index in [1.165, 1.54) is 0 Å². The van der Waals surface area contributed by atoms with Crippen molar-refractivity contribution < 1.29 is 14.7 Å². The molecular formula is C19H27N3O3. The van der Waals surface area contributed by atoms with Gasteiger partial charge in [0.2, 0.25) is 0 Å². The van der Waals surface area contributed by atoms with Crippen molar-refractivity contribution in [2.75, 3.05) is 38.1 Å². The molecule has 3 rings (SSSR count). The van der Waals surface area contributed by atoms with Crippen LogP contribution in [0.5, 0.6) is 0 Å². The topological polar surface area (TPSA) is 72.9 Å². The summed E-state index contributed by atoms with van der Waals surface area (Å²) in [7, 11) is 2.13. The first-order chi connectivity index (χ1) is 12.0. The molecule has 2 N–H and O–H groups in total. The summed E-state index contributed by atoms with van der Waals surface area (Å²) in [6.07, 6.45) is 2.76. The van der Waals surface area contributed by atoms with Crippen LogP contribution in [0.1, 0.15) is 36.0 Å². The average Bonchev–Trinajstić information content (AvgIpc) is 2.63. The summed E-state index contributed by atoms with van der Waals surface area (Å²) in [4.78, 5) is 28.1. The second kappa shape index (κ2) is 7.87. The summed E-state index contributed by atoms with van der Waals surface area (Å²) in [6.45, 7) is 4.13. The maximum absolute atomic E-state index is 12.4. The SMILES string of the molecule is CN1CCN(c2ccc(C(=O)NC3CCC(C(=O)O)CC3)cc2)CC1. The molecule has 2 fully saturated rings. The van der Waals surface area contributed by atoms with Crippen LogP contribution in [0.15, 0.2) is 24.3 Å². The van der Waals surface area contributed by atoms with Gasteiger partial charge in [0.1, 0.15) is 0 Å². The third-order valence-corrected chi connectivity index (χ3v) is 5.41. The second-order valence-corrected chi connectivity index (χ2v) is 7.20. The van der Waals surface area contributed by atoms with Crippen LogP contribution < -0.4 is 10.2 Å². The van der Waals surface area contributed by atoms with Crippen molar-refractivity contribution in [1.29, 1.82) is 0 Å². The molecule has 0 aromatic heterocycles.